The number of hydrogen-bond donors (Lipinski definition) is 3. The minimum absolute atomic E-state index is 0. The Labute approximate surface area is 144 Å². The fraction of sp³-hybridized carbons (Fsp3) is 0.917. The summed E-state index contributed by atoms with van der Waals surface area (Å²) >= 11 is 0. The Morgan fingerprint density at radius 2 is 2.00 bits per heavy atom. The molecule has 1 fully saturated rings. The molecule has 0 amide bonds. The van der Waals surface area contributed by atoms with Crippen molar-refractivity contribution in [2.24, 2.45) is 4.99 Å². The normalized spacial score (nSPS) is 18.1. The highest BCUT2D eigenvalue weighted by molar-refractivity contribution is 14.0. The molecule has 21 heavy (non-hydrogen) atoms. The summed E-state index contributed by atoms with van der Waals surface area (Å²) in [6.45, 7) is 3.48. The molecule has 0 aromatic carbocycles. The lowest BCUT2D eigenvalue weighted by Crippen LogP contribution is -2.50. The number of nitrogens with one attached hydrogen (secondary N) is 2. The number of nitrogens with zero attached hydrogens (tertiary/aromatic N) is 2. The van der Waals surface area contributed by atoms with Crippen LogP contribution in [0.1, 0.15) is 26.2 Å². The van der Waals surface area contributed by atoms with Gasteiger partial charge in [-0.25, -0.2) is 12.7 Å². The van der Waals surface area contributed by atoms with Gasteiger partial charge in [0.15, 0.2) is 5.96 Å². The molecule has 7 nitrogen and oxygen atoms in total. The molecule has 0 bridgehead atoms. The van der Waals surface area contributed by atoms with Crippen molar-refractivity contribution in [1.82, 2.24) is 14.9 Å². The highest BCUT2D eigenvalue weighted by Crippen LogP contribution is 2.15. The van der Waals surface area contributed by atoms with Crippen LogP contribution in [0.5, 0.6) is 0 Å². The van der Waals surface area contributed by atoms with Crippen molar-refractivity contribution >= 4 is 40.0 Å². The second-order valence-electron chi connectivity index (χ2n) is 4.86. The van der Waals surface area contributed by atoms with E-state index in [2.05, 4.69) is 15.6 Å². The molecule has 1 rings (SSSR count). The van der Waals surface area contributed by atoms with Crippen molar-refractivity contribution in [3.63, 3.8) is 0 Å². The number of aliphatic hydroxyl groups is 1. The molecule has 0 aromatic heterocycles. The van der Waals surface area contributed by atoms with Gasteiger partial charge in [0.25, 0.3) is 0 Å². The monoisotopic (exact) mass is 434 g/mol. The van der Waals surface area contributed by atoms with E-state index >= 15 is 0 Å². The summed E-state index contributed by atoms with van der Waals surface area (Å²) < 4.78 is 25.5. The molecule has 1 heterocycles. The minimum atomic E-state index is -3.08. The first kappa shape index (κ1) is 20.9. The van der Waals surface area contributed by atoms with E-state index in [0.29, 0.717) is 32.0 Å². The number of sulfonamides is 1. The van der Waals surface area contributed by atoms with Gasteiger partial charge in [-0.1, -0.05) is 6.92 Å². The summed E-state index contributed by atoms with van der Waals surface area (Å²) in [5, 5.41) is 15.0. The Bertz CT molecular complexity index is 409. The second kappa shape index (κ2) is 10.6. The third-order valence-corrected chi connectivity index (χ3v) is 5.35. The number of aliphatic hydroxyl groups excluding tert-OH is 1. The lowest BCUT2D eigenvalue weighted by molar-refractivity contribution is 0.295. The van der Waals surface area contributed by atoms with E-state index in [9.17, 15) is 8.42 Å². The van der Waals surface area contributed by atoms with Crippen molar-refractivity contribution in [3.8, 4) is 0 Å². The van der Waals surface area contributed by atoms with Crippen LogP contribution in [-0.4, -0.2) is 68.9 Å². The minimum Gasteiger partial charge on any atom is -0.395 e. The zero-order valence-electron chi connectivity index (χ0n) is 12.7. The molecule has 0 atom stereocenters. The molecule has 9 heteroatoms. The van der Waals surface area contributed by atoms with Crippen LogP contribution in [0, 0.1) is 0 Å². The maximum Gasteiger partial charge on any atom is 0.214 e. The molecule has 0 unspecified atom stereocenters. The van der Waals surface area contributed by atoms with Crippen LogP contribution in [-0.2, 0) is 10.0 Å². The molecule has 1 aliphatic heterocycles. The first-order chi connectivity index (χ1) is 9.53. The van der Waals surface area contributed by atoms with Crippen molar-refractivity contribution in [3.05, 3.63) is 0 Å². The number of rotatable bonds is 6. The largest absolute Gasteiger partial charge is 0.395 e. The van der Waals surface area contributed by atoms with Gasteiger partial charge in [0, 0.05) is 32.7 Å². The van der Waals surface area contributed by atoms with Gasteiger partial charge in [-0.3, -0.25) is 4.99 Å². The van der Waals surface area contributed by atoms with Gasteiger partial charge in [0.1, 0.15) is 0 Å². The first-order valence-corrected chi connectivity index (χ1v) is 8.70. The van der Waals surface area contributed by atoms with Crippen LogP contribution in [0.3, 0.4) is 0 Å². The van der Waals surface area contributed by atoms with E-state index in [-0.39, 0.29) is 42.4 Å². The van der Waals surface area contributed by atoms with Gasteiger partial charge in [-0.05, 0) is 19.3 Å². The standard InChI is InChI=1S/C12H26N4O3S.HI/c1-3-10-20(18,19)16-7-4-11(5-8-16)15-12(13-2)14-6-9-17;/h11,17H,3-10H2,1-2H3,(H2,13,14,15);1H. The molecule has 1 aliphatic rings. The van der Waals surface area contributed by atoms with E-state index in [1.54, 1.807) is 11.4 Å². The van der Waals surface area contributed by atoms with Crippen LogP contribution in [0.25, 0.3) is 0 Å². The zero-order chi connectivity index (χ0) is 15.0. The van der Waals surface area contributed by atoms with E-state index in [1.165, 1.54) is 0 Å². The molecule has 0 radical (unpaired) electrons. The molecule has 126 valence electrons. The summed E-state index contributed by atoms with van der Waals surface area (Å²) in [6.07, 6.45) is 2.18. The number of aliphatic imine (C=N–C) groups is 1. The molecule has 0 saturated carbocycles. The quantitative estimate of drug-likeness (QED) is 0.310. The summed E-state index contributed by atoms with van der Waals surface area (Å²) in [5.41, 5.74) is 0. The van der Waals surface area contributed by atoms with Crippen LogP contribution in [0.2, 0.25) is 0 Å². The molecule has 3 N–H and O–H groups in total. The van der Waals surface area contributed by atoms with Crippen LogP contribution in [0.4, 0.5) is 0 Å². The molecule has 1 saturated heterocycles. The summed E-state index contributed by atoms with van der Waals surface area (Å²) in [4.78, 5) is 4.07. The number of hydrogen-bond acceptors (Lipinski definition) is 4. The lowest BCUT2D eigenvalue weighted by Gasteiger charge is -2.32. The Morgan fingerprint density at radius 1 is 1.38 bits per heavy atom. The van der Waals surface area contributed by atoms with Crippen molar-refractivity contribution in [2.45, 2.75) is 32.2 Å². The molecule has 0 aromatic rings. The fourth-order valence-electron chi connectivity index (χ4n) is 2.23. The fourth-order valence-corrected chi connectivity index (χ4v) is 3.77. The summed E-state index contributed by atoms with van der Waals surface area (Å²) in [5.74, 6) is 0.874. The summed E-state index contributed by atoms with van der Waals surface area (Å²) in [7, 11) is -1.40. The van der Waals surface area contributed by atoms with Crippen LogP contribution >= 0.6 is 24.0 Å². The average Bonchev–Trinajstić information content (AvgIpc) is 2.44. The number of halogens is 1. The number of piperidine rings is 1. The van der Waals surface area contributed by atoms with Crippen molar-refractivity contribution in [2.75, 3.05) is 39.0 Å². The molecular weight excluding hydrogens is 407 g/mol. The second-order valence-corrected chi connectivity index (χ2v) is 6.94. The number of guanidine groups is 1. The smallest absolute Gasteiger partial charge is 0.214 e. The molecule has 0 aliphatic carbocycles. The van der Waals surface area contributed by atoms with Crippen LogP contribution in [0.15, 0.2) is 4.99 Å². The first-order valence-electron chi connectivity index (χ1n) is 7.09. The predicted molar refractivity (Wildman–Crippen MR) is 95.7 cm³/mol. The highest BCUT2D eigenvalue weighted by atomic mass is 127. The topological polar surface area (TPSA) is 94.0 Å². The van der Waals surface area contributed by atoms with Gasteiger partial charge in [0.05, 0.1) is 12.4 Å². The van der Waals surface area contributed by atoms with Crippen molar-refractivity contribution < 1.29 is 13.5 Å². The van der Waals surface area contributed by atoms with Gasteiger partial charge in [-0.15, -0.1) is 24.0 Å². The van der Waals surface area contributed by atoms with Gasteiger partial charge >= 0.3 is 0 Å². The maximum atomic E-state index is 12.0. The average molecular weight is 434 g/mol. The van der Waals surface area contributed by atoms with Crippen molar-refractivity contribution in [1.29, 1.82) is 0 Å². The Hall–Kier alpha value is -0.130. The SMILES string of the molecule is CCCS(=O)(=O)N1CCC(NC(=NC)NCCO)CC1.I. The Kier molecular flexibility index (Phi) is 10.5. The lowest BCUT2D eigenvalue weighted by atomic mass is 10.1. The molecular formula is C12H27IN4O3S. The van der Waals surface area contributed by atoms with E-state index in [4.69, 9.17) is 5.11 Å². The van der Waals surface area contributed by atoms with E-state index < -0.39 is 10.0 Å². The van der Waals surface area contributed by atoms with Gasteiger partial charge in [-0.2, -0.15) is 0 Å². The zero-order valence-corrected chi connectivity index (χ0v) is 15.9. The van der Waals surface area contributed by atoms with Gasteiger partial charge < -0.3 is 15.7 Å². The van der Waals surface area contributed by atoms with E-state index in [1.807, 2.05) is 6.92 Å². The highest BCUT2D eigenvalue weighted by Gasteiger charge is 2.27. The van der Waals surface area contributed by atoms with Gasteiger partial charge in [0.2, 0.25) is 10.0 Å². The van der Waals surface area contributed by atoms with E-state index in [0.717, 1.165) is 12.8 Å². The maximum absolute atomic E-state index is 12.0. The van der Waals surface area contributed by atoms with Crippen LogP contribution < -0.4 is 10.6 Å². The third-order valence-electron chi connectivity index (χ3n) is 3.28. The molecule has 0 spiro atoms. The Balaban J connectivity index is 0.00000400. The third kappa shape index (κ3) is 7.11. The summed E-state index contributed by atoms with van der Waals surface area (Å²) in [6, 6.07) is 0.216. The predicted octanol–water partition coefficient (Wildman–Crippen LogP) is -0.0341. The Morgan fingerprint density at radius 3 is 2.48 bits per heavy atom.